The fourth-order valence-electron chi connectivity index (χ4n) is 5.92. The molecule has 1 aromatic rings. The van der Waals surface area contributed by atoms with E-state index in [0.29, 0.717) is 58.2 Å². The van der Waals surface area contributed by atoms with Crippen LogP contribution in [0.15, 0.2) is 12.7 Å². The van der Waals surface area contributed by atoms with Crippen molar-refractivity contribution in [3.05, 3.63) is 23.9 Å². The third-order valence-electron chi connectivity index (χ3n) is 7.66. The Hall–Kier alpha value is -2.26. The van der Waals surface area contributed by atoms with Crippen LogP contribution in [-0.4, -0.2) is 88.9 Å². The Labute approximate surface area is 194 Å². The van der Waals surface area contributed by atoms with E-state index in [0.717, 1.165) is 36.5 Å². The molecule has 4 aliphatic heterocycles. The number of carbonyl (C=O) groups excluding carboxylic acids is 1. The zero-order valence-corrected chi connectivity index (χ0v) is 19.6. The van der Waals surface area contributed by atoms with Crippen molar-refractivity contribution in [1.29, 1.82) is 0 Å². The van der Waals surface area contributed by atoms with Crippen molar-refractivity contribution in [2.75, 3.05) is 44.2 Å². The number of rotatable bonds is 5. The lowest BCUT2D eigenvalue weighted by molar-refractivity contribution is -0.126. The molecule has 1 amide bonds. The monoisotopic (exact) mass is 459 g/mol. The Morgan fingerprint density at radius 3 is 2.94 bits per heavy atom. The van der Waals surface area contributed by atoms with Gasteiger partial charge in [-0.3, -0.25) is 9.69 Å². The summed E-state index contributed by atoms with van der Waals surface area (Å²) in [6.45, 7) is 11.9. The van der Waals surface area contributed by atoms with E-state index in [2.05, 4.69) is 23.3 Å². The molecule has 0 bridgehead atoms. The Kier molecular flexibility index (Phi) is 6.03. The van der Waals surface area contributed by atoms with Gasteiger partial charge in [0.15, 0.2) is 0 Å². The average Bonchev–Trinajstić information content (AvgIpc) is 3.32. The number of carbonyl (C=O) groups is 1. The summed E-state index contributed by atoms with van der Waals surface area (Å²) in [5, 5.41) is 0. The second kappa shape index (κ2) is 8.83. The molecule has 3 saturated heterocycles. The third-order valence-corrected chi connectivity index (χ3v) is 7.66. The Bertz CT molecular complexity index is 930. The van der Waals surface area contributed by atoms with Crippen LogP contribution in [0.3, 0.4) is 0 Å². The summed E-state index contributed by atoms with van der Waals surface area (Å²) in [5.74, 6) is 0.783. The molecule has 8 nitrogen and oxygen atoms in total. The van der Waals surface area contributed by atoms with Gasteiger partial charge in [0.1, 0.15) is 18.6 Å². The number of alkyl halides is 1. The van der Waals surface area contributed by atoms with Crippen molar-refractivity contribution in [2.24, 2.45) is 0 Å². The summed E-state index contributed by atoms with van der Waals surface area (Å²) in [6.07, 6.45) is 3.91. The molecule has 5 rings (SSSR count). The van der Waals surface area contributed by atoms with E-state index in [1.54, 1.807) is 0 Å². The maximum absolute atomic E-state index is 14.2. The van der Waals surface area contributed by atoms with Gasteiger partial charge in [-0.2, -0.15) is 9.97 Å². The SMILES string of the molecule is C=CC(=O)N1CCN(c2nc(OC[C@@]34CCCN3C[C@H](F)C4)nc3c2COC(C)C3)[C@@H](C)C1. The van der Waals surface area contributed by atoms with E-state index in [4.69, 9.17) is 19.4 Å². The van der Waals surface area contributed by atoms with Crippen LogP contribution in [0.25, 0.3) is 0 Å². The van der Waals surface area contributed by atoms with Crippen molar-refractivity contribution in [3.8, 4) is 6.01 Å². The number of amides is 1. The number of nitrogens with zero attached hydrogens (tertiary/aromatic N) is 5. The van der Waals surface area contributed by atoms with E-state index in [1.165, 1.54) is 6.08 Å². The number of ether oxygens (including phenoxy) is 2. The Morgan fingerprint density at radius 1 is 1.30 bits per heavy atom. The molecule has 4 atom stereocenters. The molecule has 180 valence electrons. The number of halogens is 1. The molecule has 1 unspecified atom stereocenters. The maximum Gasteiger partial charge on any atom is 0.318 e. The molecule has 1 aromatic heterocycles. The largest absolute Gasteiger partial charge is 0.461 e. The quantitative estimate of drug-likeness (QED) is 0.625. The lowest BCUT2D eigenvalue weighted by atomic mass is 9.95. The number of piperazine rings is 1. The molecule has 0 radical (unpaired) electrons. The fourth-order valence-corrected chi connectivity index (χ4v) is 5.92. The molecule has 0 saturated carbocycles. The highest BCUT2D eigenvalue weighted by molar-refractivity contribution is 5.87. The van der Waals surface area contributed by atoms with E-state index in [1.807, 2.05) is 11.8 Å². The first-order valence-electron chi connectivity index (χ1n) is 12.1. The van der Waals surface area contributed by atoms with Gasteiger partial charge in [0.2, 0.25) is 5.91 Å². The number of anilines is 1. The van der Waals surface area contributed by atoms with Crippen LogP contribution >= 0.6 is 0 Å². The van der Waals surface area contributed by atoms with Gasteiger partial charge in [0, 0.05) is 50.6 Å². The second-order valence-corrected chi connectivity index (χ2v) is 9.98. The van der Waals surface area contributed by atoms with Crippen molar-refractivity contribution in [1.82, 2.24) is 19.8 Å². The summed E-state index contributed by atoms with van der Waals surface area (Å²) < 4.78 is 26.3. The summed E-state index contributed by atoms with van der Waals surface area (Å²) in [7, 11) is 0. The zero-order valence-electron chi connectivity index (χ0n) is 19.6. The molecule has 9 heteroatoms. The van der Waals surface area contributed by atoms with Crippen LogP contribution in [0, 0.1) is 0 Å². The van der Waals surface area contributed by atoms with E-state index >= 15 is 0 Å². The van der Waals surface area contributed by atoms with Crippen LogP contribution in [0.4, 0.5) is 10.2 Å². The highest BCUT2D eigenvalue weighted by Crippen LogP contribution is 2.40. The van der Waals surface area contributed by atoms with Crippen LogP contribution in [0.5, 0.6) is 6.01 Å². The summed E-state index contributed by atoms with van der Waals surface area (Å²) in [5.41, 5.74) is 1.72. The minimum atomic E-state index is -0.790. The van der Waals surface area contributed by atoms with Gasteiger partial charge in [0.05, 0.1) is 23.9 Å². The average molecular weight is 460 g/mol. The molecular weight excluding hydrogens is 425 g/mol. The Morgan fingerprint density at radius 2 is 2.15 bits per heavy atom. The van der Waals surface area contributed by atoms with Crippen LogP contribution in [-0.2, 0) is 22.6 Å². The first-order chi connectivity index (χ1) is 15.9. The van der Waals surface area contributed by atoms with Gasteiger partial charge >= 0.3 is 6.01 Å². The molecule has 0 N–H and O–H groups in total. The molecule has 4 aliphatic rings. The predicted molar refractivity (Wildman–Crippen MR) is 122 cm³/mol. The topological polar surface area (TPSA) is 71.0 Å². The van der Waals surface area contributed by atoms with Crippen LogP contribution < -0.4 is 9.64 Å². The third kappa shape index (κ3) is 4.21. The van der Waals surface area contributed by atoms with Gasteiger partial charge in [-0.05, 0) is 39.3 Å². The minimum absolute atomic E-state index is 0.0458. The molecule has 0 aromatic carbocycles. The summed E-state index contributed by atoms with van der Waals surface area (Å²) in [4.78, 5) is 28.0. The molecule has 33 heavy (non-hydrogen) atoms. The first kappa shape index (κ1) is 22.5. The highest BCUT2D eigenvalue weighted by Gasteiger charge is 2.49. The number of aromatic nitrogens is 2. The van der Waals surface area contributed by atoms with Crippen LogP contribution in [0.1, 0.15) is 44.4 Å². The van der Waals surface area contributed by atoms with Crippen molar-refractivity contribution in [3.63, 3.8) is 0 Å². The van der Waals surface area contributed by atoms with Crippen LogP contribution in [0.2, 0.25) is 0 Å². The molecular formula is C24H34FN5O3. The minimum Gasteiger partial charge on any atom is -0.461 e. The number of fused-ring (bicyclic) bond motifs is 2. The first-order valence-corrected chi connectivity index (χ1v) is 12.1. The number of hydrogen-bond acceptors (Lipinski definition) is 7. The molecule has 3 fully saturated rings. The van der Waals surface area contributed by atoms with E-state index in [9.17, 15) is 9.18 Å². The Balaban J connectivity index is 1.40. The normalized spacial score (nSPS) is 31.9. The predicted octanol–water partition coefficient (Wildman–Crippen LogP) is 2.12. The van der Waals surface area contributed by atoms with Crippen molar-refractivity contribution >= 4 is 11.7 Å². The van der Waals surface area contributed by atoms with Gasteiger partial charge in [-0.15, -0.1) is 0 Å². The number of hydrogen-bond donors (Lipinski definition) is 0. The van der Waals surface area contributed by atoms with Gasteiger partial charge in [-0.25, -0.2) is 4.39 Å². The standard InChI is InChI=1S/C24H34FN5O3/c1-4-21(31)28-8-9-30(16(2)12-28)22-19-14-32-17(3)10-20(19)26-23(27-22)33-15-24-6-5-7-29(24)13-18(25)11-24/h4,16-18H,1,5-15H2,2-3H3/t16-,17?,18+,24-/m0/s1. The van der Waals surface area contributed by atoms with Gasteiger partial charge in [0.25, 0.3) is 0 Å². The molecule has 0 aliphatic carbocycles. The fraction of sp³-hybridized carbons (Fsp3) is 0.708. The summed E-state index contributed by atoms with van der Waals surface area (Å²) >= 11 is 0. The highest BCUT2D eigenvalue weighted by atomic mass is 19.1. The second-order valence-electron chi connectivity index (χ2n) is 9.98. The lowest BCUT2D eigenvalue weighted by Crippen LogP contribution is -2.54. The van der Waals surface area contributed by atoms with E-state index < -0.39 is 6.17 Å². The zero-order chi connectivity index (χ0) is 23.2. The van der Waals surface area contributed by atoms with E-state index in [-0.39, 0.29) is 23.6 Å². The van der Waals surface area contributed by atoms with Gasteiger partial charge in [-0.1, -0.05) is 6.58 Å². The smallest absolute Gasteiger partial charge is 0.318 e. The van der Waals surface area contributed by atoms with Gasteiger partial charge < -0.3 is 19.3 Å². The van der Waals surface area contributed by atoms with Crippen molar-refractivity contribution < 1.29 is 18.7 Å². The molecule has 5 heterocycles. The molecule has 0 spiro atoms. The van der Waals surface area contributed by atoms with Crippen molar-refractivity contribution in [2.45, 2.75) is 70.0 Å². The summed E-state index contributed by atoms with van der Waals surface area (Å²) in [6, 6.07) is 0.443. The maximum atomic E-state index is 14.2. The lowest BCUT2D eigenvalue weighted by Gasteiger charge is -2.41.